The van der Waals surface area contributed by atoms with E-state index in [1.54, 1.807) is 0 Å². The monoisotopic (exact) mass is 766 g/mol. The van der Waals surface area contributed by atoms with Gasteiger partial charge in [-0.05, 0) is 83.6 Å². The molecule has 278 valence electrons. The number of rotatable bonds is 3. The Balaban J connectivity index is 1.15. The van der Waals surface area contributed by atoms with E-state index in [0.29, 0.717) is 28.4 Å². The van der Waals surface area contributed by atoms with Gasteiger partial charge in [0.25, 0.3) is 0 Å². The lowest BCUT2D eigenvalue weighted by molar-refractivity contribution is 0.476. The number of hydrogen-bond acceptors (Lipinski definition) is 5. The van der Waals surface area contributed by atoms with Crippen molar-refractivity contribution < 1.29 is 4.74 Å². The molecule has 12 aromatic rings. The van der Waals surface area contributed by atoms with Crippen LogP contribution in [0.1, 0.15) is 5.69 Å². The Morgan fingerprint density at radius 3 is 1.25 bits per heavy atom. The van der Waals surface area contributed by atoms with Crippen molar-refractivity contribution >= 4 is 93.4 Å². The summed E-state index contributed by atoms with van der Waals surface area (Å²) in [6.07, 6.45) is 0. The highest BCUT2D eigenvalue weighted by Crippen LogP contribution is 2.51. The van der Waals surface area contributed by atoms with Crippen LogP contribution in [0.15, 0.2) is 182 Å². The SMILES string of the molecule is N#Cc1nc2c3ccc(-n4c5ccccc5c5ccccc54)cc3c3cc(-n4c5ccccc5c5ccccc54)ccc3c2nc1N1c2ccccc2Oc2ccccc21. The van der Waals surface area contributed by atoms with Crippen molar-refractivity contribution in [1.29, 1.82) is 5.26 Å². The third kappa shape index (κ3) is 4.47. The highest BCUT2D eigenvalue weighted by molar-refractivity contribution is 6.24. The van der Waals surface area contributed by atoms with Gasteiger partial charge in [-0.25, -0.2) is 9.97 Å². The van der Waals surface area contributed by atoms with Crippen molar-refractivity contribution in [2.75, 3.05) is 4.90 Å². The second-order valence-electron chi connectivity index (χ2n) is 15.3. The number of nitriles is 1. The largest absolute Gasteiger partial charge is 0.453 e. The molecule has 0 saturated carbocycles. The topological polar surface area (TPSA) is 71.9 Å². The molecule has 0 spiro atoms. The number of benzene rings is 9. The highest BCUT2D eigenvalue weighted by atomic mass is 16.5. The minimum absolute atomic E-state index is 0.225. The van der Waals surface area contributed by atoms with E-state index in [2.05, 4.69) is 149 Å². The third-order valence-electron chi connectivity index (χ3n) is 12.1. The Labute approximate surface area is 342 Å². The molecule has 0 aliphatic carbocycles. The number of hydrogen-bond donors (Lipinski definition) is 0. The lowest BCUT2D eigenvalue weighted by atomic mass is 9.98. The van der Waals surface area contributed by atoms with Crippen molar-refractivity contribution in [3.63, 3.8) is 0 Å². The summed E-state index contributed by atoms with van der Waals surface area (Å²) in [5.41, 5.74) is 9.81. The Morgan fingerprint density at radius 2 is 0.800 bits per heavy atom. The van der Waals surface area contributed by atoms with Crippen LogP contribution >= 0.6 is 0 Å². The van der Waals surface area contributed by atoms with Crippen LogP contribution in [0.25, 0.3) is 87.6 Å². The molecule has 7 heteroatoms. The lowest BCUT2D eigenvalue weighted by Gasteiger charge is -2.32. The molecule has 1 aliphatic rings. The number of para-hydroxylation sites is 8. The van der Waals surface area contributed by atoms with Crippen LogP contribution in [0, 0.1) is 11.3 Å². The van der Waals surface area contributed by atoms with E-state index in [-0.39, 0.29) is 5.69 Å². The molecular weight excluding hydrogens is 737 g/mol. The van der Waals surface area contributed by atoms with Crippen LogP contribution in [0.5, 0.6) is 11.5 Å². The quantitative estimate of drug-likeness (QED) is 0.167. The van der Waals surface area contributed by atoms with Crippen LogP contribution in [0.3, 0.4) is 0 Å². The van der Waals surface area contributed by atoms with Gasteiger partial charge in [-0.3, -0.25) is 4.90 Å². The van der Waals surface area contributed by atoms with Gasteiger partial charge in [0.05, 0.1) is 44.5 Å². The zero-order chi connectivity index (χ0) is 39.5. The summed E-state index contributed by atoms with van der Waals surface area (Å²) < 4.78 is 11.0. The Bertz CT molecular complexity index is 3700. The molecule has 0 saturated heterocycles. The first-order chi connectivity index (χ1) is 29.7. The first-order valence-electron chi connectivity index (χ1n) is 20.0. The molecule has 0 radical (unpaired) electrons. The van der Waals surface area contributed by atoms with Crippen LogP contribution in [0.4, 0.5) is 17.2 Å². The summed E-state index contributed by atoms with van der Waals surface area (Å²) in [7, 11) is 0. The predicted molar refractivity (Wildman–Crippen MR) is 243 cm³/mol. The molecule has 0 N–H and O–H groups in total. The fraction of sp³-hybridized carbons (Fsp3) is 0. The van der Waals surface area contributed by atoms with Crippen LogP contribution in [-0.4, -0.2) is 19.1 Å². The zero-order valence-electron chi connectivity index (χ0n) is 31.9. The fourth-order valence-electron chi connectivity index (χ4n) is 9.57. The molecule has 7 nitrogen and oxygen atoms in total. The Morgan fingerprint density at radius 1 is 0.400 bits per heavy atom. The number of ether oxygens (including phenoxy) is 1. The average Bonchev–Trinajstić information content (AvgIpc) is 3.83. The molecule has 1 aliphatic heterocycles. The second-order valence-corrected chi connectivity index (χ2v) is 15.3. The van der Waals surface area contributed by atoms with Crippen molar-refractivity contribution in [1.82, 2.24) is 19.1 Å². The first-order valence-corrected chi connectivity index (χ1v) is 20.0. The number of nitrogens with zero attached hydrogens (tertiary/aromatic N) is 6. The smallest absolute Gasteiger partial charge is 0.184 e. The summed E-state index contributed by atoms with van der Waals surface area (Å²) in [6.45, 7) is 0. The average molecular weight is 767 g/mol. The molecule has 3 aromatic heterocycles. The van der Waals surface area contributed by atoms with E-state index in [0.717, 1.165) is 66.4 Å². The summed E-state index contributed by atoms with van der Waals surface area (Å²) in [5, 5.41) is 19.6. The summed E-state index contributed by atoms with van der Waals surface area (Å²) in [5.74, 6) is 1.81. The van der Waals surface area contributed by atoms with E-state index in [4.69, 9.17) is 14.7 Å². The molecule has 0 bridgehead atoms. The molecule has 9 aromatic carbocycles. The molecule has 0 atom stereocenters. The molecule has 60 heavy (non-hydrogen) atoms. The summed E-state index contributed by atoms with van der Waals surface area (Å²) in [6, 6.07) is 65.7. The van der Waals surface area contributed by atoms with Gasteiger partial charge in [0.2, 0.25) is 0 Å². The minimum atomic E-state index is 0.225. The normalized spacial score (nSPS) is 12.4. The maximum absolute atomic E-state index is 10.9. The zero-order valence-corrected chi connectivity index (χ0v) is 31.9. The van der Waals surface area contributed by atoms with Gasteiger partial charge in [-0.15, -0.1) is 0 Å². The highest BCUT2D eigenvalue weighted by Gasteiger charge is 2.30. The van der Waals surface area contributed by atoms with E-state index in [9.17, 15) is 5.26 Å². The third-order valence-corrected chi connectivity index (χ3v) is 12.1. The van der Waals surface area contributed by atoms with Gasteiger partial charge in [0.15, 0.2) is 23.0 Å². The van der Waals surface area contributed by atoms with E-state index < -0.39 is 0 Å². The molecular formula is C53H30N6O. The Kier molecular flexibility index (Phi) is 6.66. The van der Waals surface area contributed by atoms with E-state index in [1.165, 1.54) is 21.5 Å². The lowest BCUT2D eigenvalue weighted by Crippen LogP contribution is -2.18. The first kappa shape index (κ1) is 32.6. The fourth-order valence-corrected chi connectivity index (χ4v) is 9.57. The van der Waals surface area contributed by atoms with Crippen LogP contribution in [-0.2, 0) is 0 Å². The molecule has 4 heterocycles. The van der Waals surface area contributed by atoms with Crippen molar-refractivity contribution in [3.8, 4) is 28.9 Å². The molecule has 0 unspecified atom stereocenters. The van der Waals surface area contributed by atoms with Crippen LogP contribution in [0.2, 0.25) is 0 Å². The van der Waals surface area contributed by atoms with E-state index in [1.807, 2.05) is 53.4 Å². The molecule has 13 rings (SSSR count). The maximum Gasteiger partial charge on any atom is 0.184 e. The predicted octanol–water partition coefficient (Wildman–Crippen LogP) is 13.6. The van der Waals surface area contributed by atoms with Gasteiger partial charge >= 0.3 is 0 Å². The van der Waals surface area contributed by atoms with E-state index >= 15 is 0 Å². The van der Waals surface area contributed by atoms with Gasteiger partial charge in [0, 0.05) is 43.7 Å². The van der Waals surface area contributed by atoms with Crippen molar-refractivity contribution in [3.05, 3.63) is 188 Å². The molecule has 0 amide bonds. The number of anilines is 3. The number of aromatic nitrogens is 4. The van der Waals surface area contributed by atoms with Crippen molar-refractivity contribution in [2.24, 2.45) is 0 Å². The van der Waals surface area contributed by atoms with Crippen molar-refractivity contribution in [2.45, 2.75) is 0 Å². The second kappa shape index (κ2) is 12.3. The summed E-state index contributed by atoms with van der Waals surface area (Å²) in [4.78, 5) is 12.7. The van der Waals surface area contributed by atoms with Gasteiger partial charge in [-0.1, -0.05) is 109 Å². The van der Waals surface area contributed by atoms with Gasteiger partial charge in [-0.2, -0.15) is 5.26 Å². The standard InChI is InChI=1S/C53H30N6O/c54-31-42-53(59-47-21-9-11-23-49(47)60-50-24-12-10-22-48(50)59)56-52-39-28-26-33(58-45-19-7-3-15-36(45)37-16-4-8-20-46(37)58)30-41(39)40-29-32(25-27-38(40)51(52)55-42)57-43-17-5-1-13-34(43)35-14-2-6-18-44(35)57/h1-30H. The van der Waals surface area contributed by atoms with Gasteiger partial charge in [0.1, 0.15) is 6.07 Å². The Hall–Kier alpha value is -8.47. The van der Waals surface area contributed by atoms with Gasteiger partial charge < -0.3 is 13.9 Å². The minimum Gasteiger partial charge on any atom is -0.453 e. The number of fused-ring (bicyclic) bond motifs is 14. The maximum atomic E-state index is 10.9. The summed E-state index contributed by atoms with van der Waals surface area (Å²) >= 11 is 0. The van der Waals surface area contributed by atoms with Crippen LogP contribution < -0.4 is 9.64 Å². The molecule has 0 fully saturated rings.